The lowest BCUT2D eigenvalue weighted by atomic mass is 10.1. The highest BCUT2D eigenvalue weighted by Gasteiger charge is 2.32. The third-order valence-electron chi connectivity index (χ3n) is 3.13. The van der Waals surface area contributed by atoms with Gasteiger partial charge in [-0.15, -0.1) is 0 Å². The minimum Gasteiger partial charge on any atom is -0.307 e. The van der Waals surface area contributed by atoms with Gasteiger partial charge in [-0.1, -0.05) is 6.58 Å². The maximum Gasteiger partial charge on any atom is 0.412 e. The lowest BCUT2D eigenvalue weighted by Gasteiger charge is -2.17. The SMILES string of the molecule is C=C(NC(=O)Nc1cnc(Cl)nc1)/C(I)=C\C(CN(C)C)=C(/C)C(F)(F)F. The molecule has 0 fully saturated rings. The Hall–Kier alpha value is -1.66. The number of halogens is 5. The fourth-order valence-electron chi connectivity index (χ4n) is 1.77. The molecule has 0 saturated heterocycles. The quantitative estimate of drug-likeness (QED) is 0.332. The lowest BCUT2D eigenvalue weighted by Crippen LogP contribution is -2.28. The standard InChI is InChI=1S/C16H18ClF3IN5O/c1-9(16(18,19)20)11(8-26(3)4)5-13(21)10(2)24-15(27)25-12-6-22-14(17)23-7-12/h5-7H,2,8H2,1,3-4H3,(H2,24,25,27)/b11-9-,13-5+. The molecule has 2 amide bonds. The number of likely N-dealkylation sites (N-methyl/N-ethyl adjacent to an activating group) is 1. The molecule has 1 rings (SSSR count). The molecule has 0 atom stereocenters. The van der Waals surface area contributed by atoms with Crippen molar-refractivity contribution in [3.8, 4) is 0 Å². The van der Waals surface area contributed by atoms with Crippen LogP contribution in [-0.4, -0.2) is 47.7 Å². The van der Waals surface area contributed by atoms with Crippen molar-refractivity contribution < 1.29 is 18.0 Å². The van der Waals surface area contributed by atoms with Crippen LogP contribution in [0.1, 0.15) is 6.92 Å². The van der Waals surface area contributed by atoms with Crippen LogP contribution in [-0.2, 0) is 0 Å². The van der Waals surface area contributed by atoms with Crippen molar-refractivity contribution in [2.45, 2.75) is 13.1 Å². The van der Waals surface area contributed by atoms with Gasteiger partial charge in [0, 0.05) is 21.4 Å². The summed E-state index contributed by atoms with van der Waals surface area (Å²) in [6.45, 7) is 4.79. The van der Waals surface area contributed by atoms with E-state index < -0.39 is 17.8 Å². The van der Waals surface area contributed by atoms with Gasteiger partial charge in [-0.3, -0.25) is 0 Å². The summed E-state index contributed by atoms with van der Waals surface area (Å²) < 4.78 is 39.5. The van der Waals surface area contributed by atoms with Crippen LogP contribution in [0.25, 0.3) is 0 Å². The van der Waals surface area contributed by atoms with Crippen LogP contribution in [0.5, 0.6) is 0 Å². The molecule has 0 aliphatic rings. The van der Waals surface area contributed by atoms with Gasteiger partial charge in [-0.25, -0.2) is 14.8 Å². The number of nitrogens with one attached hydrogen (secondary N) is 2. The summed E-state index contributed by atoms with van der Waals surface area (Å²) in [6.07, 6.45) is -0.483. The molecule has 0 spiro atoms. The van der Waals surface area contributed by atoms with Gasteiger partial charge >= 0.3 is 12.2 Å². The number of hydrogen-bond donors (Lipinski definition) is 2. The number of alkyl halides is 3. The fourth-order valence-corrected chi connectivity index (χ4v) is 2.38. The minimum atomic E-state index is -4.44. The number of allylic oxidation sites excluding steroid dienone is 2. The third kappa shape index (κ3) is 8.26. The highest BCUT2D eigenvalue weighted by atomic mass is 127. The Balaban J connectivity index is 2.90. The van der Waals surface area contributed by atoms with Crippen LogP contribution in [0.3, 0.4) is 0 Å². The molecule has 27 heavy (non-hydrogen) atoms. The zero-order valence-corrected chi connectivity index (χ0v) is 17.7. The van der Waals surface area contributed by atoms with Crippen molar-refractivity contribution in [1.82, 2.24) is 20.2 Å². The van der Waals surface area contributed by atoms with Crippen LogP contribution in [0.15, 0.2) is 45.5 Å². The molecular weight excluding hydrogens is 498 g/mol. The number of hydrogen-bond acceptors (Lipinski definition) is 4. The van der Waals surface area contributed by atoms with Crippen LogP contribution in [0.2, 0.25) is 5.28 Å². The number of anilines is 1. The molecule has 1 heterocycles. The first-order chi connectivity index (χ1) is 12.4. The van der Waals surface area contributed by atoms with Gasteiger partial charge in [0.15, 0.2) is 0 Å². The monoisotopic (exact) mass is 515 g/mol. The van der Waals surface area contributed by atoms with E-state index in [1.54, 1.807) is 19.0 Å². The molecule has 148 valence electrons. The molecule has 1 aromatic heterocycles. The van der Waals surface area contributed by atoms with Gasteiger partial charge in [0.25, 0.3) is 0 Å². The molecule has 0 unspecified atom stereocenters. The van der Waals surface area contributed by atoms with E-state index in [2.05, 4.69) is 27.2 Å². The van der Waals surface area contributed by atoms with E-state index in [0.717, 1.165) is 6.92 Å². The summed E-state index contributed by atoms with van der Waals surface area (Å²) in [5, 5.41) is 4.95. The predicted molar refractivity (Wildman–Crippen MR) is 108 cm³/mol. The second kappa shape index (κ2) is 10.0. The van der Waals surface area contributed by atoms with Gasteiger partial charge in [0.2, 0.25) is 5.28 Å². The molecule has 0 aliphatic heterocycles. The van der Waals surface area contributed by atoms with Crippen LogP contribution >= 0.6 is 34.2 Å². The zero-order chi connectivity index (χ0) is 20.8. The number of rotatable bonds is 6. The summed E-state index contributed by atoms with van der Waals surface area (Å²) >= 11 is 7.37. The van der Waals surface area contributed by atoms with Gasteiger partial charge < -0.3 is 15.5 Å². The van der Waals surface area contributed by atoms with Crippen LogP contribution < -0.4 is 10.6 Å². The highest BCUT2D eigenvalue weighted by molar-refractivity contribution is 14.1. The Morgan fingerprint density at radius 3 is 2.41 bits per heavy atom. The predicted octanol–water partition coefficient (Wildman–Crippen LogP) is 4.52. The first kappa shape index (κ1) is 23.4. The molecule has 1 aromatic rings. The molecule has 0 radical (unpaired) electrons. The van der Waals surface area contributed by atoms with Crippen molar-refractivity contribution in [2.24, 2.45) is 0 Å². The second-order valence-corrected chi connectivity index (χ2v) is 7.18. The second-order valence-electron chi connectivity index (χ2n) is 5.68. The first-order valence-electron chi connectivity index (χ1n) is 7.44. The average Bonchev–Trinajstić information content (AvgIpc) is 2.54. The van der Waals surface area contributed by atoms with Gasteiger partial charge in [-0.05, 0) is 66.9 Å². The number of nitrogens with zero attached hydrogens (tertiary/aromatic N) is 3. The van der Waals surface area contributed by atoms with E-state index in [1.807, 2.05) is 22.6 Å². The topological polar surface area (TPSA) is 70.1 Å². The number of amides is 2. The molecule has 0 saturated carbocycles. The maximum absolute atomic E-state index is 13.1. The molecule has 0 aromatic carbocycles. The molecular formula is C16H18ClF3IN5O. The number of aromatic nitrogens is 2. The third-order valence-corrected chi connectivity index (χ3v) is 4.28. The molecule has 0 aliphatic carbocycles. The Morgan fingerprint density at radius 2 is 1.93 bits per heavy atom. The van der Waals surface area contributed by atoms with Crippen molar-refractivity contribution in [3.05, 3.63) is 50.8 Å². The fraction of sp³-hybridized carbons (Fsp3) is 0.312. The summed E-state index contributed by atoms with van der Waals surface area (Å²) in [5.74, 6) is 0. The van der Waals surface area contributed by atoms with E-state index in [1.165, 1.54) is 18.5 Å². The maximum atomic E-state index is 13.1. The van der Waals surface area contributed by atoms with Gasteiger partial charge in [0.05, 0.1) is 18.1 Å². The summed E-state index contributed by atoms with van der Waals surface area (Å²) in [4.78, 5) is 21.0. The molecule has 11 heteroatoms. The molecule has 0 bridgehead atoms. The summed E-state index contributed by atoms with van der Waals surface area (Å²) in [5.41, 5.74) is -0.189. The Bertz CT molecular complexity index is 760. The first-order valence-corrected chi connectivity index (χ1v) is 8.89. The lowest BCUT2D eigenvalue weighted by molar-refractivity contribution is -0.0921. The van der Waals surface area contributed by atoms with Crippen molar-refractivity contribution in [1.29, 1.82) is 0 Å². The van der Waals surface area contributed by atoms with Gasteiger partial charge in [0.1, 0.15) is 0 Å². The highest BCUT2D eigenvalue weighted by Crippen LogP contribution is 2.30. The van der Waals surface area contributed by atoms with Crippen molar-refractivity contribution >= 4 is 45.9 Å². The van der Waals surface area contributed by atoms with Crippen molar-refractivity contribution in [2.75, 3.05) is 26.0 Å². The van der Waals surface area contributed by atoms with E-state index in [0.29, 0.717) is 9.27 Å². The van der Waals surface area contributed by atoms with Gasteiger partial charge in [-0.2, -0.15) is 13.2 Å². The Kier molecular flexibility index (Phi) is 8.69. The normalized spacial score (nSPS) is 13.3. The molecule has 6 nitrogen and oxygen atoms in total. The molecule has 2 N–H and O–H groups in total. The summed E-state index contributed by atoms with van der Waals surface area (Å²) in [6, 6.07) is -0.640. The van der Waals surface area contributed by atoms with E-state index in [4.69, 9.17) is 11.6 Å². The minimum absolute atomic E-state index is 0.0306. The number of carbonyl (C=O) groups excluding carboxylic acids is 1. The van der Waals surface area contributed by atoms with Crippen molar-refractivity contribution in [3.63, 3.8) is 0 Å². The van der Waals surface area contributed by atoms with E-state index in [-0.39, 0.29) is 23.1 Å². The number of urea groups is 1. The van der Waals surface area contributed by atoms with Crippen LogP contribution in [0.4, 0.5) is 23.7 Å². The average molecular weight is 516 g/mol. The Labute approximate surface area is 173 Å². The zero-order valence-electron chi connectivity index (χ0n) is 14.8. The van der Waals surface area contributed by atoms with E-state index >= 15 is 0 Å². The van der Waals surface area contributed by atoms with E-state index in [9.17, 15) is 18.0 Å². The largest absolute Gasteiger partial charge is 0.412 e. The smallest absolute Gasteiger partial charge is 0.307 e. The van der Waals surface area contributed by atoms with Crippen LogP contribution in [0, 0.1) is 0 Å². The number of carbonyl (C=O) groups is 1. The summed E-state index contributed by atoms with van der Waals surface area (Å²) in [7, 11) is 3.33. The Morgan fingerprint density at radius 1 is 1.37 bits per heavy atom.